The van der Waals surface area contributed by atoms with Gasteiger partial charge in [-0.3, -0.25) is 9.59 Å². The first kappa shape index (κ1) is 21.1. The molecule has 2 aliphatic carbocycles. The van der Waals surface area contributed by atoms with Crippen molar-refractivity contribution in [2.24, 2.45) is 17.8 Å². The lowest BCUT2D eigenvalue weighted by Gasteiger charge is -2.33. The largest absolute Gasteiger partial charge is 0.374 e. The minimum absolute atomic E-state index is 0.130. The molecule has 0 heterocycles. The molecule has 3 nitrogen and oxygen atoms in total. The van der Waals surface area contributed by atoms with E-state index in [1.165, 1.54) is 0 Å². The average molecular weight is 488 g/mol. The van der Waals surface area contributed by atoms with E-state index in [0.29, 0.717) is 6.54 Å². The van der Waals surface area contributed by atoms with Crippen LogP contribution in [-0.4, -0.2) is 29.5 Å². The van der Waals surface area contributed by atoms with Gasteiger partial charge in [0, 0.05) is 31.1 Å². The normalized spacial score (nSPS) is 28.2. The van der Waals surface area contributed by atoms with Crippen LogP contribution < -0.4 is 4.90 Å². The van der Waals surface area contributed by atoms with Gasteiger partial charge >= 0.3 is 0 Å². The molecule has 3 aromatic carbocycles. The summed E-state index contributed by atoms with van der Waals surface area (Å²) in [6, 6.07) is 30.1. The third kappa shape index (κ3) is 2.78. The lowest BCUT2D eigenvalue weighted by atomic mass is 9.78. The number of hydrogen-bond donors (Lipinski definition) is 0. The monoisotopic (exact) mass is 487 g/mol. The fourth-order valence-corrected chi connectivity index (χ4v) is 7.22. The maximum absolute atomic E-state index is 14.1. The van der Waals surface area contributed by atoms with Crippen molar-refractivity contribution >= 4 is 33.2 Å². The van der Waals surface area contributed by atoms with Crippen molar-refractivity contribution in [1.29, 1.82) is 0 Å². The van der Waals surface area contributed by atoms with E-state index in [9.17, 15) is 9.59 Å². The molecule has 32 heavy (non-hydrogen) atoms. The van der Waals surface area contributed by atoms with E-state index < -0.39 is 15.7 Å². The predicted octanol–water partition coefficient (Wildman–Crippen LogP) is 5.28. The standard InChI is InChI=1S/C28H26BrNO2/c1-19-23(18-30(2)22-16-10-5-11-17-22)26(32)28(29)25(24(19)31)27(28,20-12-6-3-7-13-20)21-14-8-4-9-15-21/h3-17,19,23,25H,18H2,1-2H3/t19-,23-,25+,28+/m0/s1. The Labute approximate surface area is 197 Å². The molecular weight excluding hydrogens is 462 g/mol. The highest BCUT2D eigenvalue weighted by Gasteiger charge is 2.85. The molecule has 0 bridgehead atoms. The molecule has 0 aromatic heterocycles. The summed E-state index contributed by atoms with van der Waals surface area (Å²) in [4.78, 5) is 30.0. The Morgan fingerprint density at radius 3 is 1.78 bits per heavy atom. The van der Waals surface area contributed by atoms with Crippen LogP contribution in [0.15, 0.2) is 91.0 Å². The number of fused-ring (bicyclic) bond motifs is 1. The molecule has 4 heteroatoms. The van der Waals surface area contributed by atoms with Crippen molar-refractivity contribution in [2.75, 3.05) is 18.5 Å². The first-order valence-corrected chi connectivity index (χ1v) is 11.9. The van der Waals surface area contributed by atoms with Gasteiger partial charge < -0.3 is 4.90 Å². The van der Waals surface area contributed by atoms with Gasteiger partial charge in [0.1, 0.15) is 10.1 Å². The summed E-state index contributed by atoms with van der Waals surface area (Å²) in [5, 5.41) is 0. The number of nitrogens with zero attached hydrogens (tertiary/aromatic N) is 1. The van der Waals surface area contributed by atoms with Crippen LogP contribution in [-0.2, 0) is 15.0 Å². The molecule has 3 aromatic rings. The van der Waals surface area contributed by atoms with Crippen LogP contribution in [0, 0.1) is 17.8 Å². The van der Waals surface area contributed by atoms with Crippen molar-refractivity contribution < 1.29 is 9.59 Å². The van der Waals surface area contributed by atoms with E-state index in [2.05, 4.69) is 20.8 Å². The lowest BCUT2D eigenvalue weighted by Crippen LogP contribution is -2.47. The highest BCUT2D eigenvalue weighted by molar-refractivity contribution is 9.10. The molecule has 5 rings (SSSR count). The Morgan fingerprint density at radius 1 is 0.812 bits per heavy atom. The van der Waals surface area contributed by atoms with Crippen molar-refractivity contribution in [1.82, 2.24) is 0 Å². The quantitative estimate of drug-likeness (QED) is 0.459. The zero-order chi connectivity index (χ0) is 22.5. The van der Waals surface area contributed by atoms with E-state index in [4.69, 9.17) is 0 Å². The van der Waals surface area contributed by atoms with E-state index in [1.54, 1.807) is 0 Å². The number of rotatable bonds is 5. The second-order valence-electron chi connectivity index (χ2n) is 9.06. The molecule has 0 amide bonds. The van der Waals surface area contributed by atoms with Gasteiger partial charge in [0.05, 0.1) is 11.3 Å². The Kier molecular flexibility index (Phi) is 5.09. The molecule has 0 N–H and O–H groups in total. The molecule has 0 unspecified atom stereocenters. The summed E-state index contributed by atoms with van der Waals surface area (Å²) in [6.07, 6.45) is 0. The Hall–Kier alpha value is -2.72. The second kappa shape index (κ2) is 7.70. The smallest absolute Gasteiger partial charge is 0.157 e. The number of halogens is 1. The molecule has 2 aliphatic rings. The van der Waals surface area contributed by atoms with Crippen LogP contribution in [0.5, 0.6) is 0 Å². The zero-order valence-corrected chi connectivity index (χ0v) is 19.8. The van der Waals surface area contributed by atoms with Crippen LogP contribution in [0.25, 0.3) is 0 Å². The van der Waals surface area contributed by atoms with E-state index in [1.807, 2.05) is 105 Å². The summed E-state index contributed by atoms with van der Waals surface area (Å²) in [6.45, 7) is 2.44. The van der Waals surface area contributed by atoms with E-state index in [-0.39, 0.29) is 23.4 Å². The second-order valence-corrected chi connectivity index (χ2v) is 10.3. The summed E-state index contributed by atoms with van der Waals surface area (Å²) >= 11 is 3.89. The SMILES string of the molecule is C[C@@H]1C(=O)[C@@H]2C(c3ccccc3)(c3ccccc3)[C@]2(Br)C(=O)[C@H]1CN(C)c1ccccc1. The summed E-state index contributed by atoms with van der Waals surface area (Å²) in [5.41, 5.74) is 2.38. The maximum Gasteiger partial charge on any atom is 0.157 e. The minimum atomic E-state index is -0.922. The Balaban J connectivity index is 1.59. The average Bonchev–Trinajstić information content (AvgIpc) is 3.44. The minimum Gasteiger partial charge on any atom is -0.374 e. The van der Waals surface area contributed by atoms with Crippen LogP contribution >= 0.6 is 15.9 Å². The van der Waals surface area contributed by atoms with Crippen LogP contribution in [0.4, 0.5) is 5.69 Å². The number of benzene rings is 3. The number of para-hydroxylation sites is 1. The van der Waals surface area contributed by atoms with Gasteiger partial charge in [0.15, 0.2) is 5.78 Å². The summed E-state index contributed by atoms with van der Waals surface area (Å²) in [5.74, 6) is -0.817. The number of Topliss-reactive ketones (excluding diaryl/α,β-unsaturated/α-hetero) is 2. The van der Waals surface area contributed by atoms with Gasteiger partial charge in [-0.25, -0.2) is 0 Å². The van der Waals surface area contributed by atoms with Gasteiger partial charge in [-0.2, -0.15) is 0 Å². The fourth-order valence-electron chi connectivity index (χ4n) is 5.79. The van der Waals surface area contributed by atoms with Gasteiger partial charge in [-0.15, -0.1) is 0 Å². The number of ketones is 2. The highest BCUT2D eigenvalue weighted by Crippen LogP contribution is 2.75. The topological polar surface area (TPSA) is 37.4 Å². The van der Waals surface area contributed by atoms with Gasteiger partial charge in [0.2, 0.25) is 0 Å². The van der Waals surface area contributed by atoms with E-state index >= 15 is 0 Å². The molecule has 4 atom stereocenters. The molecular formula is C28H26BrNO2. The van der Waals surface area contributed by atoms with Crippen molar-refractivity contribution in [2.45, 2.75) is 16.7 Å². The molecule has 0 saturated heterocycles. The molecule has 0 spiro atoms. The third-order valence-corrected chi connectivity index (χ3v) is 8.95. The van der Waals surface area contributed by atoms with Gasteiger partial charge in [-0.05, 0) is 23.3 Å². The first-order valence-electron chi connectivity index (χ1n) is 11.1. The van der Waals surface area contributed by atoms with Crippen LogP contribution in [0.3, 0.4) is 0 Å². The first-order chi connectivity index (χ1) is 15.4. The molecule has 0 radical (unpaired) electrons. The molecule has 0 aliphatic heterocycles. The van der Waals surface area contributed by atoms with Gasteiger partial charge in [-0.1, -0.05) is 102 Å². The van der Waals surface area contributed by atoms with Crippen molar-refractivity contribution in [3.63, 3.8) is 0 Å². The van der Waals surface area contributed by atoms with E-state index in [0.717, 1.165) is 16.8 Å². The number of alkyl halides is 1. The summed E-state index contributed by atoms with van der Waals surface area (Å²) < 4.78 is -0.922. The van der Waals surface area contributed by atoms with Gasteiger partial charge in [0.25, 0.3) is 0 Å². The number of carbonyl (C=O) groups is 2. The summed E-state index contributed by atoms with van der Waals surface area (Å²) in [7, 11) is 1.99. The highest BCUT2D eigenvalue weighted by atomic mass is 79.9. The third-order valence-electron chi connectivity index (χ3n) is 7.48. The lowest BCUT2D eigenvalue weighted by molar-refractivity contribution is -0.136. The van der Waals surface area contributed by atoms with Crippen molar-refractivity contribution in [3.8, 4) is 0 Å². The van der Waals surface area contributed by atoms with Crippen LogP contribution in [0.1, 0.15) is 18.1 Å². The van der Waals surface area contributed by atoms with Crippen LogP contribution in [0.2, 0.25) is 0 Å². The zero-order valence-electron chi connectivity index (χ0n) is 18.2. The molecule has 2 fully saturated rings. The Bertz CT molecular complexity index is 1110. The Morgan fingerprint density at radius 2 is 1.28 bits per heavy atom. The number of anilines is 1. The maximum atomic E-state index is 14.1. The molecule has 162 valence electrons. The predicted molar refractivity (Wildman–Crippen MR) is 131 cm³/mol. The fraction of sp³-hybridized carbons (Fsp3) is 0.286. The number of carbonyl (C=O) groups excluding carboxylic acids is 2. The molecule has 2 saturated carbocycles. The number of hydrogen-bond acceptors (Lipinski definition) is 3. The van der Waals surface area contributed by atoms with Crippen molar-refractivity contribution in [3.05, 3.63) is 102 Å².